The highest BCUT2D eigenvalue weighted by Gasteiger charge is 2.15. The fraction of sp³-hybridized carbons (Fsp3) is 0.286. The van der Waals surface area contributed by atoms with Gasteiger partial charge in [-0.3, -0.25) is 4.57 Å². The van der Waals surface area contributed by atoms with Crippen LogP contribution in [0.5, 0.6) is 17.5 Å². The van der Waals surface area contributed by atoms with Crippen LogP contribution in [0.4, 0.5) is 0 Å². The van der Waals surface area contributed by atoms with Crippen molar-refractivity contribution >= 4 is 0 Å². The van der Waals surface area contributed by atoms with Crippen LogP contribution in [0.2, 0.25) is 0 Å². The molecule has 0 unspecified atom stereocenters. The van der Waals surface area contributed by atoms with E-state index >= 15 is 0 Å². The van der Waals surface area contributed by atoms with Crippen LogP contribution in [0.15, 0.2) is 24.3 Å². The highest BCUT2D eigenvalue weighted by molar-refractivity contribution is 5.43. The molecule has 4 nitrogen and oxygen atoms in total. The summed E-state index contributed by atoms with van der Waals surface area (Å²) in [6.45, 7) is 4.06. The summed E-state index contributed by atoms with van der Waals surface area (Å²) in [6.07, 6.45) is 0.676. The van der Waals surface area contributed by atoms with Crippen molar-refractivity contribution in [3.63, 3.8) is 0 Å². The van der Waals surface area contributed by atoms with Gasteiger partial charge >= 0.3 is 0 Å². The molecule has 0 fully saturated rings. The highest BCUT2D eigenvalue weighted by atomic mass is 16.3. The van der Waals surface area contributed by atoms with Crippen LogP contribution in [0.1, 0.15) is 16.7 Å². The van der Waals surface area contributed by atoms with Gasteiger partial charge in [0.25, 0.3) is 0 Å². The number of phenols is 1. The lowest BCUT2D eigenvalue weighted by Gasteiger charge is -2.07. The Labute approximate surface area is 106 Å². The van der Waals surface area contributed by atoms with Gasteiger partial charge in [-0.1, -0.05) is 12.1 Å². The Morgan fingerprint density at radius 1 is 0.889 bits per heavy atom. The van der Waals surface area contributed by atoms with Crippen molar-refractivity contribution in [2.24, 2.45) is 0 Å². The van der Waals surface area contributed by atoms with Crippen molar-refractivity contribution in [1.29, 1.82) is 0 Å². The number of rotatable bonds is 3. The van der Waals surface area contributed by atoms with Gasteiger partial charge in [0.1, 0.15) is 5.75 Å². The first kappa shape index (κ1) is 12.4. The quantitative estimate of drug-likeness (QED) is 0.780. The predicted molar refractivity (Wildman–Crippen MR) is 69.0 cm³/mol. The molecule has 1 aromatic carbocycles. The maximum absolute atomic E-state index is 9.88. The lowest BCUT2D eigenvalue weighted by atomic mass is 10.1. The molecule has 0 aliphatic carbocycles. The smallest absolute Gasteiger partial charge is 0.197 e. The average molecular weight is 247 g/mol. The molecule has 1 aromatic heterocycles. The summed E-state index contributed by atoms with van der Waals surface area (Å²) in [4.78, 5) is 0. The number of aromatic nitrogens is 1. The van der Waals surface area contributed by atoms with Crippen molar-refractivity contribution in [3.8, 4) is 17.5 Å². The summed E-state index contributed by atoms with van der Waals surface area (Å²) in [7, 11) is 0. The number of benzene rings is 1. The van der Waals surface area contributed by atoms with Crippen molar-refractivity contribution in [2.75, 3.05) is 0 Å². The first-order valence-electron chi connectivity index (χ1n) is 5.86. The third-order valence-corrected chi connectivity index (χ3v) is 3.31. The molecular weight excluding hydrogens is 230 g/mol. The van der Waals surface area contributed by atoms with E-state index in [1.54, 1.807) is 26.0 Å². The van der Waals surface area contributed by atoms with E-state index in [2.05, 4.69) is 0 Å². The van der Waals surface area contributed by atoms with Gasteiger partial charge in [0.2, 0.25) is 0 Å². The first-order chi connectivity index (χ1) is 8.50. The van der Waals surface area contributed by atoms with Gasteiger partial charge in [-0.25, -0.2) is 0 Å². The number of nitrogens with zero attached hydrogens (tertiary/aromatic N) is 1. The lowest BCUT2D eigenvalue weighted by Crippen LogP contribution is -2.00. The molecule has 2 rings (SSSR count). The normalized spacial score (nSPS) is 10.8. The largest absolute Gasteiger partial charge is 0.508 e. The van der Waals surface area contributed by atoms with E-state index in [-0.39, 0.29) is 17.5 Å². The first-order valence-corrected chi connectivity index (χ1v) is 5.86. The van der Waals surface area contributed by atoms with Crippen molar-refractivity contribution in [2.45, 2.75) is 26.8 Å². The van der Waals surface area contributed by atoms with E-state index < -0.39 is 0 Å². The van der Waals surface area contributed by atoms with E-state index in [1.807, 2.05) is 12.1 Å². The molecule has 0 aliphatic rings. The van der Waals surface area contributed by atoms with Crippen LogP contribution in [-0.2, 0) is 13.0 Å². The predicted octanol–water partition coefficient (Wildman–Crippen LogP) is 2.46. The minimum absolute atomic E-state index is 0.115. The molecule has 0 saturated carbocycles. The third kappa shape index (κ3) is 2.14. The van der Waals surface area contributed by atoms with Gasteiger partial charge in [0.05, 0.1) is 0 Å². The fourth-order valence-electron chi connectivity index (χ4n) is 1.96. The van der Waals surface area contributed by atoms with Crippen LogP contribution >= 0.6 is 0 Å². The van der Waals surface area contributed by atoms with Crippen LogP contribution in [0.3, 0.4) is 0 Å². The summed E-state index contributed by atoms with van der Waals surface area (Å²) >= 11 is 0. The Kier molecular flexibility index (Phi) is 3.19. The van der Waals surface area contributed by atoms with E-state index in [1.165, 1.54) is 4.57 Å². The molecule has 0 spiro atoms. The number of aromatic hydroxyl groups is 3. The minimum atomic E-state index is 0.115. The number of hydrogen-bond acceptors (Lipinski definition) is 3. The lowest BCUT2D eigenvalue weighted by molar-refractivity contribution is 0.366. The zero-order valence-electron chi connectivity index (χ0n) is 10.5. The molecule has 3 N–H and O–H groups in total. The number of hydrogen-bond donors (Lipinski definition) is 3. The molecule has 0 aliphatic heterocycles. The molecule has 0 atom stereocenters. The summed E-state index contributed by atoms with van der Waals surface area (Å²) in [6, 6.07) is 6.90. The molecule has 0 bridgehead atoms. The van der Waals surface area contributed by atoms with Crippen molar-refractivity contribution < 1.29 is 15.3 Å². The molecule has 0 amide bonds. The Morgan fingerprint density at radius 3 is 1.89 bits per heavy atom. The van der Waals surface area contributed by atoms with Gasteiger partial charge in [-0.05, 0) is 38.0 Å². The maximum Gasteiger partial charge on any atom is 0.197 e. The van der Waals surface area contributed by atoms with Gasteiger partial charge in [0, 0.05) is 17.7 Å². The molecule has 96 valence electrons. The Bertz CT molecular complexity index is 530. The van der Waals surface area contributed by atoms with Crippen LogP contribution in [-0.4, -0.2) is 19.9 Å². The molecular formula is C14H17NO3. The van der Waals surface area contributed by atoms with Crippen LogP contribution < -0.4 is 0 Å². The monoisotopic (exact) mass is 247 g/mol. The standard InChI is InChI=1S/C14H17NO3/c1-9-10(2)14(18)15(13(9)17)8-7-11-3-5-12(16)6-4-11/h3-6,16-18H,7-8H2,1-2H3. The maximum atomic E-state index is 9.88. The second-order valence-electron chi connectivity index (χ2n) is 4.47. The molecule has 1 heterocycles. The molecule has 4 heteroatoms. The molecule has 18 heavy (non-hydrogen) atoms. The van der Waals surface area contributed by atoms with Crippen molar-refractivity contribution in [1.82, 2.24) is 4.57 Å². The Balaban J connectivity index is 2.16. The summed E-state index contributed by atoms with van der Waals surface area (Å²) < 4.78 is 1.50. The average Bonchev–Trinajstić information content (AvgIpc) is 2.54. The van der Waals surface area contributed by atoms with Crippen LogP contribution in [0, 0.1) is 13.8 Å². The summed E-state index contributed by atoms with van der Waals surface area (Å²) in [5.41, 5.74) is 2.45. The number of aryl methyl sites for hydroxylation is 1. The van der Waals surface area contributed by atoms with E-state index in [0.717, 1.165) is 5.56 Å². The topological polar surface area (TPSA) is 65.6 Å². The van der Waals surface area contributed by atoms with E-state index in [0.29, 0.717) is 24.1 Å². The van der Waals surface area contributed by atoms with Crippen molar-refractivity contribution in [3.05, 3.63) is 41.0 Å². The Hall–Kier alpha value is -2.10. The summed E-state index contributed by atoms with van der Waals surface area (Å²) in [5, 5.41) is 29.0. The number of phenolic OH excluding ortho intramolecular Hbond substituents is 1. The third-order valence-electron chi connectivity index (χ3n) is 3.31. The molecule has 2 aromatic rings. The fourth-order valence-corrected chi connectivity index (χ4v) is 1.96. The molecule has 0 radical (unpaired) electrons. The van der Waals surface area contributed by atoms with Gasteiger partial charge in [-0.2, -0.15) is 0 Å². The summed E-state index contributed by atoms with van der Waals surface area (Å²) in [5.74, 6) is 0.463. The van der Waals surface area contributed by atoms with E-state index in [9.17, 15) is 15.3 Å². The SMILES string of the molecule is Cc1c(C)c(O)n(CCc2ccc(O)cc2)c1O. The highest BCUT2D eigenvalue weighted by Crippen LogP contribution is 2.32. The van der Waals surface area contributed by atoms with E-state index in [4.69, 9.17) is 0 Å². The molecule has 0 saturated heterocycles. The van der Waals surface area contributed by atoms with Gasteiger partial charge in [0.15, 0.2) is 11.8 Å². The second-order valence-corrected chi connectivity index (χ2v) is 4.47. The zero-order chi connectivity index (χ0) is 13.3. The van der Waals surface area contributed by atoms with Crippen LogP contribution in [0.25, 0.3) is 0 Å². The second kappa shape index (κ2) is 4.64. The minimum Gasteiger partial charge on any atom is -0.508 e. The Morgan fingerprint density at radius 2 is 1.39 bits per heavy atom. The van der Waals surface area contributed by atoms with Gasteiger partial charge in [-0.15, -0.1) is 0 Å². The zero-order valence-corrected chi connectivity index (χ0v) is 10.5. The van der Waals surface area contributed by atoms with Gasteiger partial charge < -0.3 is 15.3 Å².